The lowest BCUT2D eigenvalue weighted by Crippen LogP contribution is -2.52. The fraction of sp³-hybridized carbons (Fsp3) is 0.263. The number of benzene rings is 2. The Morgan fingerprint density at radius 2 is 1.83 bits per heavy atom. The van der Waals surface area contributed by atoms with Gasteiger partial charge in [-0.25, -0.2) is 0 Å². The summed E-state index contributed by atoms with van der Waals surface area (Å²) in [5, 5.41) is 2.87. The third-order valence-electron chi connectivity index (χ3n) is 4.19. The quantitative estimate of drug-likeness (QED) is 0.846. The highest BCUT2D eigenvalue weighted by molar-refractivity contribution is 6.00. The van der Waals surface area contributed by atoms with Gasteiger partial charge in [-0.15, -0.1) is 0 Å². The number of carbonyl (C=O) groups excluding carboxylic acids is 2. The molecule has 0 saturated carbocycles. The number of hydrogen-bond acceptors (Lipinski definition) is 3. The highest BCUT2D eigenvalue weighted by Gasteiger charge is 2.30. The Balaban J connectivity index is 1.63. The van der Waals surface area contributed by atoms with Crippen LogP contribution >= 0.6 is 0 Å². The second-order valence-corrected chi connectivity index (χ2v) is 6.01. The number of carbonyl (C=O) groups is 2. The number of piperidine rings is 1. The van der Waals surface area contributed by atoms with Crippen molar-refractivity contribution < 1.29 is 9.59 Å². The van der Waals surface area contributed by atoms with Crippen LogP contribution in [0.2, 0.25) is 0 Å². The van der Waals surface area contributed by atoms with Gasteiger partial charge in [-0.1, -0.05) is 30.3 Å². The van der Waals surface area contributed by atoms with E-state index in [0.717, 1.165) is 17.7 Å². The Morgan fingerprint density at radius 3 is 2.54 bits per heavy atom. The molecule has 0 bridgehead atoms. The summed E-state index contributed by atoms with van der Waals surface area (Å²) in [4.78, 5) is 26.6. The van der Waals surface area contributed by atoms with Gasteiger partial charge in [0.05, 0.1) is 6.42 Å². The van der Waals surface area contributed by atoms with Crippen LogP contribution in [0.25, 0.3) is 0 Å². The minimum Gasteiger partial charge on any atom is -0.399 e. The highest BCUT2D eigenvalue weighted by Crippen LogP contribution is 2.20. The second-order valence-electron chi connectivity index (χ2n) is 6.01. The molecule has 1 unspecified atom stereocenters. The molecule has 2 aromatic carbocycles. The van der Waals surface area contributed by atoms with Crippen LogP contribution in [-0.4, -0.2) is 24.4 Å². The Kier molecular flexibility index (Phi) is 4.79. The number of nitrogens with two attached hydrogens (primary N) is 1. The molecule has 0 aromatic heterocycles. The van der Waals surface area contributed by atoms with Gasteiger partial charge < -0.3 is 16.0 Å². The van der Waals surface area contributed by atoms with Gasteiger partial charge in [0.15, 0.2) is 0 Å². The van der Waals surface area contributed by atoms with Crippen LogP contribution in [0.5, 0.6) is 0 Å². The number of amides is 2. The van der Waals surface area contributed by atoms with Crippen molar-refractivity contribution in [3.8, 4) is 0 Å². The third-order valence-corrected chi connectivity index (χ3v) is 4.19. The molecule has 124 valence electrons. The lowest BCUT2D eigenvalue weighted by Gasteiger charge is -2.32. The van der Waals surface area contributed by atoms with Gasteiger partial charge in [0.1, 0.15) is 6.04 Å². The average molecular weight is 323 g/mol. The first kappa shape index (κ1) is 16.1. The third kappa shape index (κ3) is 3.74. The maximum absolute atomic E-state index is 12.7. The van der Waals surface area contributed by atoms with Crippen LogP contribution < -0.4 is 16.0 Å². The molecule has 0 aliphatic carbocycles. The second kappa shape index (κ2) is 7.17. The van der Waals surface area contributed by atoms with Crippen molar-refractivity contribution in [2.75, 3.05) is 17.2 Å². The molecule has 3 rings (SSSR count). The molecule has 5 heteroatoms. The van der Waals surface area contributed by atoms with Crippen LogP contribution in [0.4, 0.5) is 11.4 Å². The van der Waals surface area contributed by atoms with Gasteiger partial charge in [-0.05, 0) is 42.7 Å². The zero-order valence-corrected chi connectivity index (χ0v) is 13.4. The Hall–Kier alpha value is -2.82. The maximum atomic E-state index is 12.7. The number of hydrogen-bond donors (Lipinski definition) is 2. The molecule has 24 heavy (non-hydrogen) atoms. The van der Waals surface area contributed by atoms with E-state index >= 15 is 0 Å². The van der Waals surface area contributed by atoms with Crippen molar-refractivity contribution in [3.63, 3.8) is 0 Å². The summed E-state index contributed by atoms with van der Waals surface area (Å²) < 4.78 is 0. The molecule has 1 aliphatic rings. The number of nitrogens with one attached hydrogen (secondary N) is 1. The van der Waals surface area contributed by atoms with Crippen LogP contribution in [0.15, 0.2) is 54.6 Å². The van der Waals surface area contributed by atoms with Crippen LogP contribution in [0.1, 0.15) is 18.4 Å². The van der Waals surface area contributed by atoms with Gasteiger partial charge >= 0.3 is 0 Å². The molecule has 1 heterocycles. The van der Waals surface area contributed by atoms with Crippen molar-refractivity contribution in [1.82, 2.24) is 5.32 Å². The first-order valence-electron chi connectivity index (χ1n) is 8.14. The van der Waals surface area contributed by atoms with E-state index in [0.29, 0.717) is 18.7 Å². The smallest absolute Gasteiger partial charge is 0.249 e. The minimum atomic E-state index is -0.458. The first-order chi connectivity index (χ1) is 11.6. The fourth-order valence-corrected chi connectivity index (χ4v) is 2.94. The zero-order chi connectivity index (χ0) is 16.9. The van der Waals surface area contributed by atoms with Gasteiger partial charge in [0.2, 0.25) is 11.8 Å². The predicted octanol–water partition coefficient (Wildman–Crippen LogP) is 2.12. The average Bonchev–Trinajstić information content (AvgIpc) is 2.59. The Bertz CT molecular complexity index is 713. The van der Waals surface area contributed by atoms with E-state index in [-0.39, 0.29) is 18.2 Å². The van der Waals surface area contributed by atoms with Crippen LogP contribution in [0, 0.1) is 0 Å². The molecule has 5 nitrogen and oxygen atoms in total. The summed E-state index contributed by atoms with van der Waals surface area (Å²) in [6.45, 7) is 0.688. The van der Waals surface area contributed by atoms with Gasteiger partial charge in [0.25, 0.3) is 0 Å². The molecular weight excluding hydrogens is 302 g/mol. The molecule has 2 aromatic rings. The molecule has 1 atom stereocenters. The molecule has 0 spiro atoms. The van der Waals surface area contributed by atoms with E-state index in [2.05, 4.69) is 5.32 Å². The fourth-order valence-electron chi connectivity index (χ4n) is 2.94. The molecule has 2 amide bonds. The van der Waals surface area contributed by atoms with Crippen molar-refractivity contribution in [2.24, 2.45) is 0 Å². The lowest BCUT2D eigenvalue weighted by molar-refractivity contribution is -0.128. The zero-order valence-electron chi connectivity index (χ0n) is 13.4. The van der Waals surface area contributed by atoms with E-state index in [1.54, 1.807) is 17.0 Å². The normalized spacial score (nSPS) is 17.6. The van der Waals surface area contributed by atoms with Crippen molar-refractivity contribution in [1.29, 1.82) is 0 Å². The number of anilines is 2. The monoisotopic (exact) mass is 323 g/mol. The SMILES string of the molecule is Nc1ccc(CC(=O)NC2CCCN(c3ccccc3)C2=O)cc1. The number of nitrogen functional groups attached to an aromatic ring is 1. The molecular formula is C19H21N3O2. The summed E-state index contributed by atoms with van der Waals surface area (Å²) in [7, 11) is 0. The number of rotatable bonds is 4. The predicted molar refractivity (Wildman–Crippen MR) is 94.5 cm³/mol. The van der Waals surface area contributed by atoms with Crippen molar-refractivity contribution >= 4 is 23.2 Å². The van der Waals surface area contributed by atoms with Gasteiger partial charge in [-0.2, -0.15) is 0 Å². The molecule has 0 radical (unpaired) electrons. The summed E-state index contributed by atoms with van der Waals surface area (Å²) >= 11 is 0. The van der Waals surface area contributed by atoms with Crippen LogP contribution in [-0.2, 0) is 16.0 Å². The topological polar surface area (TPSA) is 75.4 Å². The summed E-state index contributed by atoms with van der Waals surface area (Å²) in [5.41, 5.74) is 8.07. The van der Waals surface area contributed by atoms with Crippen LogP contribution in [0.3, 0.4) is 0 Å². The standard InChI is InChI=1S/C19H21N3O2/c20-15-10-8-14(9-11-15)13-18(23)21-17-7-4-12-22(19(17)24)16-5-2-1-3-6-16/h1-3,5-6,8-11,17H,4,7,12-13,20H2,(H,21,23). The minimum absolute atomic E-state index is 0.0434. The van der Waals surface area contributed by atoms with Gasteiger partial charge in [0, 0.05) is 17.9 Å². The molecule has 1 saturated heterocycles. The van der Waals surface area contributed by atoms with Crippen molar-refractivity contribution in [2.45, 2.75) is 25.3 Å². The number of para-hydroxylation sites is 1. The van der Waals surface area contributed by atoms with E-state index in [9.17, 15) is 9.59 Å². The summed E-state index contributed by atoms with van der Waals surface area (Å²) in [5.74, 6) is -0.189. The largest absolute Gasteiger partial charge is 0.399 e. The van der Waals surface area contributed by atoms with E-state index < -0.39 is 6.04 Å². The van der Waals surface area contributed by atoms with E-state index in [4.69, 9.17) is 5.73 Å². The van der Waals surface area contributed by atoms with Crippen molar-refractivity contribution in [3.05, 3.63) is 60.2 Å². The number of nitrogens with zero attached hydrogens (tertiary/aromatic N) is 1. The molecule has 1 aliphatic heterocycles. The molecule has 1 fully saturated rings. The Labute approximate surface area is 141 Å². The lowest BCUT2D eigenvalue weighted by atomic mass is 10.0. The Morgan fingerprint density at radius 1 is 1.12 bits per heavy atom. The summed E-state index contributed by atoms with van der Waals surface area (Å²) in [6, 6.07) is 16.3. The van der Waals surface area contributed by atoms with Gasteiger partial charge in [-0.3, -0.25) is 9.59 Å². The highest BCUT2D eigenvalue weighted by atomic mass is 16.2. The summed E-state index contributed by atoms with van der Waals surface area (Å²) in [6.07, 6.45) is 1.79. The molecule has 3 N–H and O–H groups in total. The van der Waals surface area contributed by atoms with E-state index in [1.807, 2.05) is 42.5 Å². The van der Waals surface area contributed by atoms with E-state index in [1.165, 1.54) is 0 Å². The maximum Gasteiger partial charge on any atom is 0.249 e. The first-order valence-corrected chi connectivity index (χ1v) is 8.14.